The smallest absolute Gasteiger partial charge is 0.0973 e. The predicted molar refractivity (Wildman–Crippen MR) is 48.6 cm³/mol. The van der Waals surface area contributed by atoms with Crippen molar-refractivity contribution in [3.8, 4) is 0 Å². The number of allylic oxidation sites excluding steroid dienone is 1. The number of hydrogen-bond donors (Lipinski definition) is 1. The quantitative estimate of drug-likeness (QED) is 0.642. The summed E-state index contributed by atoms with van der Waals surface area (Å²) in [7, 11) is -0.909. The van der Waals surface area contributed by atoms with Gasteiger partial charge in [0.2, 0.25) is 0 Å². The van der Waals surface area contributed by atoms with Crippen LogP contribution in [0.5, 0.6) is 0 Å². The second kappa shape index (κ2) is 3.07. The first kappa shape index (κ1) is 8.94. The van der Waals surface area contributed by atoms with E-state index in [0.29, 0.717) is 0 Å². The van der Waals surface area contributed by atoms with Gasteiger partial charge in [0.1, 0.15) is 0 Å². The van der Waals surface area contributed by atoms with Gasteiger partial charge in [-0.25, -0.2) is 8.93 Å². The summed E-state index contributed by atoms with van der Waals surface area (Å²) in [6.07, 6.45) is 3.25. The Bertz CT molecular complexity index is 203. The van der Waals surface area contributed by atoms with Gasteiger partial charge in [-0.1, -0.05) is 11.6 Å². The van der Waals surface area contributed by atoms with Gasteiger partial charge in [0.15, 0.2) is 0 Å². The lowest BCUT2D eigenvalue weighted by Gasteiger charge is -2.17. The average Bonchev–Trinajstić information content (AvgIpc) is 2.62. The zero-order valence-electron chi connectivity index (χ0n) is 7.31. The molecule has 0 spiro atoms. The third-order valence-electron chi connectivity index (χ3n) is 1.48. The molecule has 0 saturated carbocycles. The van der Waals surface area contributed by atoms with Crippen molar-refractivity contribution < 1.29 is 4.21 Å². The van der Waals surface area contributed by atoms with Gasteiger partial charge >= 0.3 is 0 Å². The van der Waals surface area contributed by atoms with Crippen LogP contribution in [0, 0.1) is 0 Å². The van der Waals surface area contributed by atoms with Crippen LogP contribution in [0.15, 0.2) is 11.6 Å². The van der Waals surface area contributed by atoms with E-state index in [4.69, 9.17) is 0 Å². The van der Waals surface area contributed by atoms with E-state index in [1.54, 1.807) is 0 Å². The maximum atomic E-state index is 11.4. The van der Waals surface area contributed by atoms with E-state index in [0.717, 1.165) is 13.0 Å². The maximum Gasteiger partial charge on any atom is 0.0973 e. The van der Waals surface area contributed by atoms with Gasteiger partial charge in [-0.05, 0) is 27.2 Å². The van der Waals surface area contributed by atoms with Gasteiger partial charge in [0.05, 0.1) is 15.7 Å². The Balaban J connectivity index is 2.25. The van der Waals surface area contributed by atoms with Crippen LogP contribution in [0.3, 0.4) is 0 Å². The molecule has 1 aliphatic carbocycles. The lowest BCUT2D eigenvalue weighted by molar-refractivity contribution is 0.639. The van der Waals surface area contributed by atoms with Crippen molar-refractivity contribution in [2.45, 2.75) is 31.9 Å². The number of hydrogen-bond acceptors (Lipinski definition) is 1. The summed E-state index contributed by atoms with van der Waals surface area (Å²) in [5.41, 5.74) is 1.38. The average molecular weight is 173 g/mol. The molecule has 1 N–H and O–H groups in total. The molecule has 0 bridgehead atoms. The van der Waals surface area contributed by atoms with E-state index in [2.05, 4.69) is 10.8 Å². The maximum absolute atomic E-state index is 11.4. The molecule has 1 unspecified atom stereocenters. The van der Waals surface area contributed by atoms with Gasteiger partial charge in [-0.15, -0.1) is 0 Å². The van der Waals surface area contributed by atoms with Crippen LogP contribution in [0.25, 0.3) is 0 Å². The highest BCUT2D eigenvalue weighted by Gasteiger charge is 2.19. The van der Waals surface area contributed by atoms with Gasteiger partial charge < -0.3 is 0 Å². The summed E-state index contributed by atoms with van der Waals surface area (Å²) in [6.45, 7) is 6.70. The Morgan fingerprint density at radius 2 is 2.18 bits per heavy atom. The molecule has 3 heteroatoms. The van der Waals surface area contributed by atoms with E-state index in [1.807, 2.05) is 20.8 Å². The minimum atomic E-state index is -0.909. The highest BCUT2D eigenvalue weighted by atomic mass is 32.2. The van der Waals surface area contributed by atoms with Crippen LogP contribution in [0.4, 0.5) is 0 Å². The molecule has 0 fully saturated rings. The molecule has 1 rings (SSSR count). The van der Waals surface area contributed by atoms with E-state index < -0.39 is 11.0 Å². The molecule has 0 radical (unpaired) electrons. The lowest BCUT2D eigenvalue weighted by Crippen LogP contribution is -2.33. The zero-order chi connectivity index (χ0) is 8.48. The van der Waals surface area contributed by atoms with Crippen molar-refractivity contribution in [2.75, 3.05) is 6.54 Å². The molecule has 2 nitrogen and oxygen atoms in total. The summed E-state index contributed by atoms with van der Waals surface area (Å²) in [6, 6.07) is 0. The molecule has 1 atom stereocenters. The third-order valence-corrected chi connectivity index (χ3v) is 3.00. The van der Waals surface area contributed by atoms with Crippen molar-refractivity contribution in [1.29, 1.82) is 0 Å². The summed E-state index contributed by atoms with van der Waals surface area (Å²) in [5, 5.41) is 0. The second-order valence-corrected chi connectivity index (χ2v) is 5.82. The first-order valence-electron chi connectivity index (χ1n) is 3.83. The molecule has 0 amide bonds. The standard InChI is InChI=1S/C8H15NOS/c1-8(2,3)11(10)9-6-7-4-5-7/h4,9H,5-6H2,1-3H3. The largest absolute Gasteiger partial charge is 0.242 e. The van der Waals surface area contributed by atoms with Crippen molar-refractivity contribution in [3.05, 3.63) is 11.6 Å². The molecule has 0 aromatic carbocycles. The zero-order valence-corrected chi connectivity index (χ0v) is 8.12. The van der Waals surface area contributed by atoms with Gasteiger partial charge in [-0.2, -0.15) is 0 Å². The minimum absolute atomic E-state index is 0.143. The molecule has 0 saturated heterocycles. The minimum Gasteiger partial charge on any atom is -0.242 e. The highest BCUT2D eigenvalue weighted by molar-refractivity contribution is 7.84. The normalized spacial score (nSPS) is 19.4. The molecular formula is C8H15NOS. The molecular weight excluding hydrogens is 158 g/mol. The van der Waals surface area contributed by atoms with Gasteiger partial charge in [-0.3, -0.25) is 0 Å². The third kappa shape index (κ3) is 3.16. The monoisotopic (exact) mass is 173 g/mol. The Hall–Kier alpha value is -0.150. The van der Waals surface area contributed by atoms with Crippen LogP contribution in [0.1, 0.15) is 27.2 Å². The van der Waals surface area contributed by atoms with Crippen molar-refractivity contribution in [3.63, 3.8) is 0 Å². The van der Waals surface area contributed by atoms with Gasteiger partial charge in [0.25, 0.3) is 0 Å². The molecule has 0 aliphatic heterocycles. The highest BCUT2D eigenvalue weighted by Crippen LogP contribution is 2.17. The molecule has 0 heterocycles. The lowest BCUT2D eigenvalue weighted by atomic mass is 10.3. The summed E-state index contributed by atoms with van der Waals surface area (Å²) < 4.78 is 14.2. The van der Waals surface area contributed by atoms with E-state index in [-0.39, 0.29) is 4.75 Å². The molecule has 0 aromatic heterocycles. The predicted octanol–water partition coefficient (Wildman–Crippen LogP) is 1.37. The Labute approximate surface area is 70.7 Å². The Morgan fingerprint density at radius 3 is 2.55 bits per heavy atom. The first-order chi connectivity index (χ1) is 5.00. The van der Waals surface area contributed by atoms with Gasteiger partial charge in [0, 0.05) is 6.54 Å². The van der Waals surface area contributed by atoms with Crippen LogP contribution in [-0.4, -0.2) is 15.5 Å². The van der Waals surface area contributed by atoms with Crippen LogP contribution in [-0.2, 0) is 11.0 Å². The van der Waals surface area contributed by atoms with Crippen molar-refractivity contribution >= 4 is 11.0 Å². The van der Waals surface area contributed by atoms with E-state index >= 15 is 0 Å². The van der Waals surface area contributed by atoms with Crippen LogP contribution < -0.4 is 4.72 Å². The summed E-state index contributed by atoms with van der Waals surface area (Å²) in [5.74, 6) is 0. The van der Waals surface area contributed by atoms with E-state index in [1.165, 1.54) is 5.57 Å². The van der Waals surface area contributed by atoms with Crippen LogP contribution in [0.2, 0.25) is 0 Å². The Kier molecular flexibility index (Phi) is 2.50. The van der Waals surface area contributed by atoms with E-state index in [9.17, 15) is 4.21 Å². The summed E-state index contributed by atoms with van der Waals surface area (Å²) >= 11 is 0. The fraction of sp³-hybridized carbons (Fsp3) is 0.750. The molecule has 0 aromatic rings. The fourth-order valence-corrected chi connectivity index (χ4v) is 1.34. The summed E-state index contributed by atoms with van der Waals surface area (Å²) in [4.78, 5) is 0. The molecule has 64 valence electrons. The SMILES string of the molecule is CC(C)(C)S(=O)NCC1=CC1. The number of nitrogens with one attached hydrogen (secondary N) is 1. The molecule has 11 heavy (non-hydrogen) atoms. The topological polar surface area (TPSA) is 29.1 Å². The Morgan fingerprint density at radius 1 is 1.64 bits per heavy atom. The molecule has 1 aliphatic rings. The number of rotatable bonds is 3. The van der Waals surface area contributed by atoms with Crippen molar-refractivity contribution in [1.82, 2.24) is 4.72 Å². The van der Waals surface area contributed by atoms with Crippen LogP contribution >= 0.6 is 0 Å². The second-order valence-electron chi connectivity index (χ2n) is 3.77. The van der Waals surface area contributed by atoms with Crippen molar-refractivity contribution in [2.24, 2.45) is 0 Å². The fourth-order valence-electron chi connectivity index (χ4n) is 0.591. The first-order valence-corrected chi connectivity index (χ1v) is 4.98.